The van der Waals surface area contributed by atoms with Crippen molar-refractivity contribution >= 4 is 5.97 Å². The fourth-order valence-electron chi connectivity index (χ4n) is 4.89. The van der Waals surface area contributed by atoms with Gasteiger partial charge in [0.15, 0.2) is 0 Å². The van der Waals surface area contributed by atoms with Crippen LogP contribution in [0.25, 0.3) is 0 Å². The van der Waals surface area contributed by atoms with Crippen molar-refractivity contribution in [1.82, 2.24) is 4.90 Å². The standard InChI is InChI=1S/C20H37NO2/c1-4-5-6-7-8-9-10-11-12-16-15-17-13-14-18(21(17)2)19(16)20(22)23-3/h16-19H,4-15H2,1-3H3/t16-,17-,18+,19-/m0/s1. The summed E-state index contributed by atoms with van der Waals surface area (Å²) in [6.07, 6.45) is 15.8. The van der Waals surface area contributed by atoms with Gasteiger partial charge in [0, 0.05) is 12.1 Å². The summed E-state index contributed by atoms with van der Waals surface area (Å²) >= 11 is 0. The zero-order valence-corrected chi connectivity index (χ0v) is 15.6. The minimum absolute atomic E-state index is 0.0340. The number of piperidine rings is 1. The molecule has 0 saturated carbocycles. The van der Waals surface area contributed by atoms with Crippen molar-refractivity contribution in [1.29, 1.82) is 0 Å². The van der Waals surface area contributed by atoms with Crippen LogP contribution in [0.2, 0.25) is 0 Å². The number of carbonyl (C=O) groups excluding carboxylic acids is 1. The minimum Gasteiger partial charge on any atom is -0.469 e. The van der Waals surface area contributed by atoms with Crippen molar-refractivity contribution in [3.8, 4) is 0 Å². The molecular weight excluding hydrogens is 286 g/mol. The van der Waals surface area contributed by atoms with Crippen molar-refractivity contribution in [2.45, 2.75) is 96.1 Å². The fraction of sp³-hybridized carbons (Fsp3) is 0.950. The van der Waals surface area contributed by atoms with Gasteiger partial charge in [-0.25, -0.2) is 0 Å². The van der Waals surface area contributed by atoms with Crippen molar-refractivity contribution in [2.24, 2.45) is 11.8 Å². The van der Waals surface area contributed by atoms with E-state index in [0.29, 0.717) is 18.0 Å². The molecule has 0 aromatic carbocycles. The number of unbranched alkanes of at least 4 members (excludes halogenated alkanes) is 7. The van der Waals surface area contributed by atoms with Gasteiger partial charge in [-0.3, -0.25) is 9.69 Å². The van der Waals surface area contributed by atoms with Gasteiger partial charge in [-0.05, 0) is 38.6 Å². The van der Waals surface area contributed by atoms with E-state index in [1.807, 2.05) is 0 Å². The van der Waals surface area contributed by atoms with E-state index in [1.165, 1.54) is 77.0 Å². The molecule has 0 radical (unpaired) electrons. The number of esters is 1. The van der Waals surface area contributed by atoms with Crippen molar-refractivity contribution in [3.63, 3.8) is 0 Å². The van der Waals surface area contributed by atoms with E-state index in [9.17, 15) is 4.79 Å². The van der Waals surface area contributed by atoms with Crippen LogP contribution >= 0.6 is 0 Å². The zero-order valence-electron chi connectivity index (χ0n) is 15.6. The van der Waals surface area contributed by atoms with Crippen LogP contribution in [0.15, 0.2) is 0 Å². The second kappa shape index (κ2) is 9.66. The molecule has 0 N–H and O–H groups in total. The van der Waals surface area contributed by atoms with Gasteiger partial charge in [-0.15, -0.1) is 0 Å². The molecular formula is C20H37NO2. The Morgan fingerprint density at radius 1 is 1.04 bits per heavy atom. The predicted octanol–water partition coefficient (Wildman–Crippen LogP) is 4.79. The molecule has 134 valence electrons. The molecule has 2 saturated heterocycles. The summed E-state index contributed by atoms with van der Waals surface area (Å²) in [5.41, 5.74) is 0. The Morgan fingerprint density at radius 2 is 1.70 bits per heavy atom. The molecule has 2 heterocycles. The Kier molecular flexibility index (Phi) is 7.88. The second-order valence-electron chi connectivity index (χ2n) is 7.77. The largest absolute Gasteiger partial charge is 0.469 e. The van der Waals surface area contributed by atoms with E-state index in [4.69, 9.17) is 4.74 Å². The van der Waals surface area contributed by atoms with Crippen LogP contribution in [0.1, 0.15) is 84.0 Å². The molecule has 2 aliphatic rings. The van der Waals surface area contributed by atoms with Gasteiger partial charge in [-0.2, -0.15) is 0 Å². The average Bonchev–Trinajstić information content (AvgIpc) is 2.80. The Bertz CT molecular complexity index is 358. The van der Waals surface area contributed by atoms with Gasteiger partial charge < -0.3 is 4.74 Å². The number of hydrogen-bond donors (Lipinski definition) is 0. The van der Waals surface area contributed by atoms with Gasteiger partial charge in [0.1, 0.15) is 0 Å². The summed E-state index contributed by atoms with van der Waals surface area (Å²) in [7, 11) is 3.75. The number of rotatable bonds is 10. The molecule has 2 fully saturated rings. The van der Waals surface area contributed by atoms with Gasteiger partial charge >= 0.3 is 5.97 Å². The first-order chi connectivity index (χ1) is 11.2. The molecule has 0 unspecified atom stereocenters. The average molecular weight is 324 g/mol. The van der Waals surface area contributed by atoms with E-state index < -0.39 is 0 Å². The predicted molar refractivity (Wildman–Crippen MR) is 95.4 cm³/mol. The highest BCUT2D eigenvalue weighted by Gasteiger charge is 2.48. The summed E-state index contributed by atoms with van der Waals surface area (Å²) in [4.78, 5) is 14.7. The van der Waals surface area contributed by atoms with E-state index in [2.05, 4.69) is 18.9 Å². The summed E-state index contributed by atoms with van der Waals surface area (Å²) in [5.74, 6) is 0.705. The third-order valence-electron chi connectivity index (χ3n) is 6.29. The van der Waals surface area contributed by atoms with E-state index in [0.717, 1.165) is 0 Å². The van der Waals surface area contributed by atoms with Crippen LogP contribution in [-0.4, -0.2) is 37.1 Å². The maximum absolute atomic E-state index is 12.3. The molecule has 2 aliphatic heterocycles. The lowest BCUT2D eigenvalue weighted by Crippen LogP contribution is -2.49. The van der Waals surface area contributed by atoms with Crippen LogP contribution in [0.5, 0.6) is 0 Å². The number of methoxy groups -OCH3 is 1. The molecule has 3 nitrogen and oxygen atoms in total. The van der Waals surface area contributed by atoms with Crippen LogP contribution in [0.4, 0.5) is 0 Å². The quantitative estimate of drug-likeness (QED) is 0.427. The van der Waals surface area contributed by atoms with E-state index >= 15 is 0 Å². The summed E-state index contributed by atoms with van der Waals surface area (Å²) in [5, 5.41) is 0. The molecule has 2 rings (SSSR count). The van der Waals surface area contributed by atoms with Crippen molar-refractivity contribution in [3.05, 3.63) is 0 Å². The monoisotopic (exact) mass is 323 g/mol. The summed E-state index contributed by atoms with van der Waals surface area (Å²) in [6.45, 7) is 2.27. The summed E-state index contributed by atoms with van der Waals surface area (Å²) < 4.78 is 5.14. The van der Waals surface area contributed by atoms with Crippen molar-refractivity contribution < 1.29 is 9.53 Å². The number of hydrogen-bond acceptors (Lipinski definition) is 3. The lowest BCUT2D eigenvalue weighted by Gasteiger charge is -2.41. The normalized spacial score (nSPS) is 30.6. The van der Waals surface area contributed by atoms with Gasteiger partial charge in [0.05, 0.1) is 13.0 Å². The highest BCUT2D eigenvalue weighted by molar-refractivity contribution is 5.74. The first kappa shape index (κ1) is 18.8. The molecule has 2 bridgehead atoms. The second-order valence-corrected chi connectivity index (χ2v) is 7.77. The third kappa shape index (κ3) is 4.95. The van der Waals surface area contributed by atoms with Gasteiger partial charge in [0.25, 0.3) is 0 Å². The number of fused-ring (bicyclic) bond motifs is 2. The van der Waals surface area contributed by atoms with Crippen molar-refractivity contribution in [2.75, 3.05) is 14.2 Å². The highest BCUT2D eigenvalue weighted by atomic mass is 16.5. The molecule has 23 heavy (non-hydrogen) atoms. The molecule has 0 spiro atoms. The topological polar surface area (TPSA) is 29.5 Å². The molecule has 0 aliphatic carbocycles. The van der Waals surface area contributed by atoms with E-state index in [1.54, 1.807) is 7.11 Å². The van der Waals surface area contributed by atoms with E-state index in [-0.39, 0.29) is 11.9 Å². The Morgan fingerprint density at radius 3 is 2.35 bits per heavy atom. The lowest BCUT2D eigenvalue weighted by molar-refractivity contribution is -0.152. The first-order valence-corrected chi connectivity index (χ1v) is 9.98. The lowest BCUT2D eigenvalue weighted by atomic mass is 9.77. The number of ether oxygens (including phenoxy) is 1. The summed E-state index contributed by atoms with van der Waals surface area (Å²) in [6, 6.07) is 1.14. The maximum atomic E-state index is 12.3. The number of nitrogens with zero attached hydrogens (tertiary/aromatic N) is 1. The first-order valence-electron chi connectivity index (χ1n) is 9.98. The SMILES string of the molecule is CCCCCCCCCC[C@H]1C[C@@H]2CC[C@H]([C@H]1C(=O)OC)N2C. The van der Waals surface area contributed by atoms with Gasteiger partial charge in [-0.1, -0.05) is 58.3 Å². The molecule has 0 aromatic heterocycles. The maximum Gasteiger partial charge on any atom is 0.310 e. The van der Waals surface area contributed by atoms with Gasteiger partial charge in [0.2, 0.25) is 0 Å². The Balaban J connectivity index is 1.71. The van der Waals surface area contributed by atoms with Crippen LogP contribution in [0.3, 0.4) is 0 Å². The zero-order chi connectivity index (χ0) is 16.7. The van der Waals surface area contributed by atoms with Crippen LogP contribution in [0, 0.1) is 11.8 Å². The number of carbonyl (C=O) groups is 1. The Hall–Kier alpha value is -0.570. The minimum atomic E-state index is 0.0340. The molecule has 0 amide bonds. The molecule has 3 heteroatoms. The smallest absolute Gasteiger partial charge is 0.310 e. The molecule has 4 atom stereocenters. The fourth-order valence-corrected chi connectivity index (χ4v) is 4.89. The van der Waals surface area contributed by atoms with Crippen LogP contribution in [-0.2, 0) is 9.53 Å². The van der Waals surface area contributed by atoms with Crippen LogP contribution < -0.4 is 0 Å². The Labute approximate surface area is 143 Å². The highest BCUT2D eigenvalue weighted by Crippen LogP contribution is 2.43. The molecule has 0 aromatic rings. The third-order valence-corrected chi connectivity index (χ3v) is 6.29.